The van der Waals surface area contributed by atoms with Crippen LogP contribution in [0.25, 0.3) is 0 Å². The highest BCUT2D eigenvalue weighted by Crippen LogP contribution is 2.26. The number of aromatic nitrogens is 1. The number of carbonyl (C=O) groups is 2. The molecule has 0 saturated carbocycles. The molecule has 1 fully saturated rings. The first kappa shape index (κ1) is 19.2. The van der Waals surface area contributed by atoms with Crippen molar-refractivity contribution in [2.24, 2.45) is 0 Å². The van der Waals surface area contributed by atoms with Gasteiger partial charge in [-0.2, -0.15) is 0 Å². The van der Waals surface area contributed by atoms with E-state index >= 15 is 0 Å². The number of pyridine rings is 1. The molecule has 0 radical (unpaired) electrons. The van der Waals surface area contributed by atoms with Crippen molar-refractivity contribution in [1.29, 1.82) is 0 Å². The molecule has 6 heteroatoms. The van der Waals surface area contributed by atoms with Crippen LogP contribution in [0.2, 0.25) is 0 Å². The maximum atomic E-state index is 12.9. The van der Waals surface area contributed by atoms with E-state index in [0.29, 0.717) is 19.5 Å². The largest absolute Gasteiger partial charge is 0.496 e. The summed E-state index contributed by atoms with van der Waals surface area (Å²) in [6.45, 7) is 6.98. The Bertz CT molecular complexity index is 645. The minimum Gasteiger partial charge on any atom is -0.496 e. The van der Waals surface area contributed by atoms with Crippen molar-refractivity contribution in [1.82, 2.24) is 14.8 Å². The van der Waals surface area contributed by atoms with Crippen LogP contribution in [0, 0.1) is 13.8 Å². The minimum absolute atomic E-state index is 0.0114. The van der Waals surface area contributed by atoms with Crippen LogP contribution in [0.15, 0.2) is 6.20 Å². The number of amides is 2. The molecule has 0 N–H and O–H groups in total. The smallest absolute Gasteiger partial charge is 0.245 e. The number of hydrogen-bond acceptors (Lipinski definition) is 4. The van der Waals surface area contributed by atoms with Crippen LogP contribution in [-0.2, 0) is 16.1 Å². The molecule has 0 aromatic carbocycles. The van der Waals surface area contributed by atoms with Gasteiger partial charge in [0.25, 0.3) is 0 Å². The Hall–Kier alpha value is -2.11. The summed E-state index contributed by atoms with van der Waals surface area (Å²) in [4.78, 5) is 33.0. The lowest BCUT2D eigenvalue weighted by Crippen LogP contribution is -2.46. The lowest BCUT2D eigenvalue weighted by molar-refractivity contribution is -0.143. The number of aryl methyl sites for hydroxylation is 1. The Kier molecular flexibility index (Phi) is 6.39. The second-order valence-corrected chi connectivity index (χ2v) is 6.74. The van der Waals surface area contributed by atoms with E-state index in [-0.39, 0.29) is 17.9 Å². The molecule has 6 nitrogen and oxygen atoms in total. The monoisotopic (exact) mass is 347 g/mol. The average molecular weight is 347 g/mol. The van der Waals surface area contributed by atoms with Gasteiger partial charge in [0.2, 0.25) is 11.8 Å². The van der Waals surface area contributed by atoms with Gasteiger partial charge in [-0.05, 0) is 33.1 Å². The Labute approximate surface area is 150 Å². The normalized spacial score (nSPS) is 16.8. The summed E-state index contributed by atoms with van der Waals surface area (Å²) in [7, 11) is 3.42. The van der Waals surface area contributed by atoms with Crippen molar-refractivity contribution in [2.45, 2.75) is 59.0 Å². The minimum atomic E-state index is -0.336. The van der Waals surface area contributed by atoms with Crippen molar-refractivity contribution in [3.05, 3.63) is 23.0 Å². The topological polar surface area (TPSA) is 62.7 Å². The van der Waals surface area contributed by atoms with Crippen LogP contribution in [-0.4, -0.2) is 53.3 Å². The molecular weight excluding hydrogens is 318 g/mol. The summed E-state index contributed by atoms with van der Waals surface area (Å²) in [5.41, 5.74) is 2.75. The van der Waals surface area contributed by atoms with E-state index in [2.05, 4.69) is 4.98 Å². The van der Waals surface area contributed by atoms with Crippen LogP contribution in [0.3, 0.4) is 0 Å². The molecule has 1 aromatic heterocycles. The average Bonchev–Trinajstić information content (AvgIpc) is 3.07. The quantitative estimate of drug-likeness (QED) is 0.793. The van der Waals surface area contributed by atoms with Crippen LogP contribution in [0.5, 0.6) is 5.75 Å². The van der Waals surface area contributed by atoms with Gasteiger partial charge in [-0.3, -0.25) is 14.6 Å². The first-order chi connectivity index (χ1) is 11.9. The van der Waals surface area contributed by atoms with Gasteiger partial charge in [-0.15, -0.1) is 0 Å². The summed E-state index contributed by atoms with van der Waals surface area (Å²) in [6, 6.07) is -0.336. The molecule has 0 spiro atoms. The van der Waals surface area contributed by atoms with E-state index in [0.717, 1.165) is 41.8 Å². The number of hydrogen-bond donors (Lipinski definition) is 0. The zero-order valence-electron chi connectivity index (χ0n) is 16.0. The highest BCUT2D eigenvalue weighted by Gasteiger charge is 2.35. The summed E-state index contributed by atoms with van der Waals surface area (Å²) in [5.74, 6) is 0.882. The number of ether oxygens (including phenoxy) is 1. The van der Waals surface area contributed by atoms with E-state index in [4.69, 9.17) is 4.74 Å². The Balaban J connectivity index is 2.11. The third-order valence-electron chi connectivity index (χ3n) is 4.84. The fourth-order valence-corrected chi connectivity index (χ4v) is 3.47. The molecule has 25 heavy (non-hydrogen) atoms. The Morgan fingerprint density at radius 2 is 2.12 bits per heavy atom. The van der Waals surface area contributed by atoms with Gasteiger partial charge in [0.1, 0.15) is 11.8 Å². The molecule has 2 amide bonds. The number of nitrogens with zero attached hydrogens (tertiary/aromatic N) is 3. The molecule has 2 heterocycles. The molecule has 1 aromatic rings. The van der Waals surface area contributed by atoms with E-state index < -0.39 is 0 Å². The maximum Gasteiger partial charge on any atom is 0.245 e. The van der Waals surface area contributed by atoms with E-state index in [1.807, 2.05) is 20.8 Å². The molecule has 1 atom stereocenters. The van der Waals surface area contributed by atoms with Gasteiger partial charge in [-0.1, -0.05) is 6.92 Å². The predicted octanol–water partition coefficient (Wildman–Crippen LogP) is 2.46. The molecule has 138 valence electrons. The number of carbonyl (C=O) groups excluding carboxylic acids is 2. The number of likely N-dealkylation sites (N-methyl/N-ethyl adjacent to an activating group) is 1. The summed E-state index contributed by atoms with van der Waals surface area (Å²) in [5, 5.41) is 0. The van der Waals surface area contributed by atoms with Gasteiger partial charge in [0.15, 0.2) is 0 Å². The molecule has 2 rings (SSSR count). The number of methoxy groups -OCH3 is 1. The highest BCUT2D eigenvalue weighted by molar-refractivity contribution is 5.88. The van der Waals surface area contributed by atoms with Gasteiger partial charge >= 0.3 is 0 Å². The van der Waals surface area contributed by atoms with Crippen LogP contribution >= 0.6 is 0 Å². The molecule has 1 aliphatic rings. The second-order valence-electron chi connectivity index (χ2n) is 6.74. The van der Waals surface area contributed by atoms with E-state index in [1.165, 1.54) is 0 Å². The van der Waals surface area contributed by atoms with Crippen molar-refractivity contribution in [3.8, 4) is 5.75 Å². The highest BCUT2D eigenvalue weighted by atomic mass is 16.5. The Morgan fingerprint density at radius 3 is 2.76 bits per heavy atom. The van der Waals surface area contributed by atoms with E-state index in [9.17, 15) is 9.59 Å². The second kappa shape index (κ2) is 8.32. The maximum absolute atomic E-state index is 12.9. The fourth-order valence-electron chi connectivity index (χ4n) is 3.47. The molecule has 1 saturated heterocycles. The van der Waals surface area contributed by atoms with Crippen LogP contribution in [0.4, 0.5) is 0 Å². The summed E-state index contributed by atoms with van der Waals surface area (Å²) < 4.78 is 5.44. The predicted molar refractivity (Wildman–Crippen MR) is 96.4 cm³/mol. The summed E-state index contributed by atoms with van der Waals surface area (Å²) in [6.07, 6.45) is 4.70. The van der Waals surface area contributed by atoms with Crippen LogP contribution in [0.1, 0.15) is 49.4 Å². The van der Waals surface area contributed by atoms with E-state index in [1.54, 1.807) is 30.2 Å². The lowest BCUT2D eigenvalue weighted by Gasteiger charge is -2.28. The van der Waals surface area contributed by atoms with Gasteiger partial charge in [0, 0.05) is 37.3 Å². The lowest BCUT2D eigenvalue weighted by atomic mass is 10.1. The first-order valence-electron chi connectivity index (χ1n) is 8.94. The molecule has 0 bridgehead atoms. The van der Waals surface area contributed by atoms with Crippen molar-refractivity contribution < 1.29 is 14.3 Å². The standard InChI is InChI=1S/C19H29N3O3/c1-6-8-17(23)22-10-7-9-16(22)19(24)21(4)12-15-14(3)18(25-5)13(2)11-20-15/h11,16H,6-10,12H2,1-5H3. The third-order valence-corrected chi connectivity index (χ3v) is 4.84. The van der Waals surface area contributed by atoms with Crippen molar-refractivity contribution in [2.75, 3.05) is 20.7 Å². The number of rotatable bonds is 6. The molecule has 1 aliphatic heterocycles. The zero-order chi connectivity index (χ0) is 18.6. The fraction of sp³-hybridized carbons (Fsp3) is 0.632. The molecule has 0 aliphatic carbocycles. The van der Waals surface area contributed by atoms with Crippen LogP contribution < -0.4 is 4.74 Å². The SMILES string of the molecule is CCCC(=O)N1CCCC1C(=O)N(C)Cc1ncc(C)c(OC)c1C. The number of likely N-dealkylation sites (tertiary alicyclic amines) is 1. The van der Waals surface area contributed by atoms with Crippen molar-refractivity contribution >= 4 is 11.8 Å². The Morgan fingerprint density at radius 1 is 1.40 bits per heavy atom. The van der Waals surface area contributed by atoms with Gasteiger partial charge < -0.3 is 14.5 Å². The summed E-state index contributed by atoms with van der Waals surface area (Å²) >= 11 is 0. The molecular formula is C19H29N3O3. The first-order valence-corrected chi connectivity index (χ1v) is 8.94. The van der Waals surface area contributed by atoms with Gasteiger partial charge in [0.05, 0.1) is 19.3 Å². The third kappa shape index (κ3) is 4.11. The zero-order valence-corrected chi connectivity index (χ0v) is 16.0. The van der Waals surface area contributed by atoms with Crippen molar-refractivity contribution in [3.63, 3.8) is 0 Å². The van der Waals surface area contributed by atoms with Gasteiger partial charge in [-0.25, -0.2) is 0 Å². The molecule has 1 unspecified atom stereocenters.